The molecule has 0 fully saturated rings. The molecule has 0 aromatic heterocycles. The topological polar surface area (TPSA) is 58.6 Å². The van der Waals surface area contributed by atoms with Crippen LogP contribution in [-0.2, 0) is 21.4 Å². The fourth-order valence-electron chi connectivity index (χ4n) is 3.08. The standard InChI is InChI=1S/C23H30N2O3/c1-17(26)25(21-12-7-6-11-20(21)23(2,3)4)16-22(27)24-14-13-18-9-8-10-19(15-18)28-5/h6-12,15H,13-14,16H2,1-5H3,(H,24,27). The molecule has 5 heteroatoms. The average Bonchev–Trinajstić information content (AvgIpc) is 2.65. The van der Waals surface area contributed by atoms with Crippen molar-refractivity contribution in [3.8, 4) is 5.75 Å². The lowest BCUT2D eigenvalue weighted by molar-refractivity contribution is -0.123. The molecule has 0 aliphatic heterocycles. The minimum Gasteiger partial charge on any atom is -0.497 e. The van der Waals surface area contributed by atoms with Gasteiger partial charge in [0.15, 0.2) is 0 Å². The van der Waals surface area contributed by atoms with Crippen LogP contribution in [0.4, 0.5) is 5.69 Å². The maximum Gasteiger partial charge on any atom is 0.240 e. The van der Waals surface area contributed by atoms with E-state index in [1.165, 1.54) is 6.92 Å². The summed E-state index contributed by atoms with van der Waals surface area (Å²) in [5, 5.41) is 2.91. The number of hydrogen-bond acceptors (Lipinski definition) is 3. The number of methoxy groups -OCH3 is 1. The molecule has 0 aliphatic carbocycles. The van der Waals surface area contributed by atoms with Gasteiger partial charge in [-0.15, -0.1) is 0 Å². The van der Waals surface area contributed by atoms with Gasteiger partial charge in [0.25, 0.3) is 0 Å². The molecule has 0 radical (unpaired) electrons. The van der Waals surface area contributed by atoms with Gasteiger partial charge in [0.2, 0.25) is 11.8 Å². The average molecular weight is 383 g/mol. The zero-order valence-electron chi connectivity index (χ0n) is 17.4. The minimum absolute atomic E-state index is 0.000533. The van der Waals surface area contributed by atoms with Crippen molar-refractivity contribution in [1.29, 1.82) is 0 Å². The molecule has 2 amide bonds. The summed E-state index contributed by atoms with van der Waals surface area (Å²) in [4.78, 5) is 26.3. The number of carbonyl (C=O) groups is 2. The fraction of sp³-hybridized carbons (Fsp3) is 0.391. The Morgan fingerprint density at radius 3 is 2.43 bits per heavy atom. The van der Waals surface area contributed by atoms with Gasteiger partial charge in [-0.1, -0.05) is 51.1 Å². The number of nitrogens with one attached hydrogen (secondary N) is 1. The first-order valence-electron chi connectivity index (χ1n) is 9.49. The first kappa shape index (κ1) is 21.5. The number of ether oxygens (including phenoxy) is 1. The Kier molecular flexibility index (Phi) is 7.21. The molecule has 0 atom stereocenters. The van der Waals surface area contributed by atoms with Crippen molar-refractivity contribution in [3.05, 3.63) is 59.7 Å². The van der Waals surface area contributed by atoms with E-state index >= 15 is 0 Å². The van der Waals surface area contributed by atoms with Crippen molar-refractivity contribution < 1.29 is 14.3 Å². The molecule has 0 bridgehead atoms. The summed E-state index contributed by atoms with van der Waals surface area (Å²) in [6.07, 6.45) is 0.696. The third-order valence-electron chi connectivity index (χ3n) is 4.55. The van der Waals surface area contributed by atoms with Crippen LogP contribution in [0, 0.1) is 0 Å². The Morgan fingerprint density at radius 2 is 1.79 bits per heavy atom. The Hall–Kier alpha value is -2.82. The number of anilines is 1. The molecule has 0 aliphatic rings. The Morgan fingerprint density at radius 1 is 1.07 bits per heavy atom. The minimum atomic E-state index is -0.179. The molecule has 1 N–H and O–H groups in total. The maximum absolute atomic E-state index is 12.5. The number of rotatable bonds is 7. The van der Waals surface area contributed by atoms with Crippen LogP contribution < -0.4 is 15.0 Å². The SMILES string of the molecule is COc1cccc(CCNC(=O)CN(C(C)=O)c2ccccc2C(C)(C)C)c1. The summed E-state index contributed by atoms with van der Waals surface area (Å²) in [7, 11) is 1.63. The van der Waals surface area contributed by atoms with Crippen LogP contribution in [0.3, 0.4) is 0 Å². The van der Waals surface area contributed by atoms with Gasteiger partial charge < -0.3 is 15.0 Å². The third kappa shape index (κ3) is 5.84. The van der Waals surface area contributed by atoms with Gasteiger partial charge in [-0.25, -0.2) is 0 Å². The molecule has 150 valence electrons. The smallest absolute Gasteiger partial charge is 0.240 e. The molecule has 2 rings (SSSR count). The van der Waals surface area contributed by atoms with E-state index in [9.17, 15) is 9.59 Å². The Bertz CT molecular complexity index is 825. The lowest BCUT2D eigenvalue weighted by Gasteiger charge is -2.29. The highest BCUT2D eigenvalue weighted by Gasteiger charge is 2.24. The molecule has 0 heterocycles. The molecule has 2 aromatic carbocycles. The van der Waals surface area contributed by atoms with Gasteiger partial charge in [-0.3, -0.25) is 9.59 Å². The first-order chi connectivity index (χ1) is 13.2. The second-order valence-electron chi connectivity index (χ2n) is 7.82. The largest absolute Gasteiger partial charge is 0.497 e. The third-order valence-corrected chi connectivity index (χ3v) is 4.55. The van der Waals surface area contributed by atoms with Gasteiger partial charge in [0.05, 0.1) is 7.11 Å². The zero-order chi connectivity index (χ0) is 20.7. The van der Waals surface area contributed by atoms with E-state index in [4.69, 9.17) is 4.74 Å². The number of para-hydroxylation sites is 1. The highest BCUT2D eigenvalue weighted by Crippen LogP contribution is 2.31. The summed E-state index contributed by atoms with van der Waals surface area (Å²) in [6.45, 7) is 8.28. The van der Waals surface area contributed by atoms with Crippen LogP contribution in [-0.4, -0.2) is 32.0 Å². The van der Waals surface area contributed by atoms with Crippen LogP contribution in [0.15, 0.2) is 48.5 Å². The molecule has 0 spiro atoms. The van der Waals surface area contributed by atoms with E-state index in [1.807, 2.05) is 48.5 Å². The normalized spacial score (nSPS) is 11.0. The van der Waals surface area contributed by atoms with E-state index in [0.717, 1.165) is 22.6 Å². The Balaban J connectivity index is 2.03. The number of carbonyl (C=O) groups excluding carboxylic acids is 2. The lowest BCUT2D eigenvalue weighted by Crippen LogP contribution is -2.41. The van der Waals surface area contributed by atoms with Crippen molar-refractivity contribution in [3.63, 3.8) is 0 Å². The molecular formula is C23H30N2O3. The summed E-state index contributed by atoms with van der Waals surface area (Å²) < 4.78 is 5.22. The molecule has 0 saturated carbocycles. The predicted molar refractivity (Wildman–Crippen MR) is 113 cm³/mol. The summed E-state index contributed by atoms with van der Waals surface area (Å²) in [6, 6.07) is 15.5. The van der Waals surface area contributed by atoms with Crippen molar-refractivity contribution >= 4 is 17.5 Å². The maximum atomic E-state index is 12.5. The number of hydrogen-bond donors (Lipinski definition) is 1. The summed E-state index contributed by atoms with van der Waals surface area (Å²) in [5.74, 6) is 0.465. The highest BCUT2D eigenvalue weighted by molar-refractivity contribution is 5.98. The van der Waals surface area contributed by atoms with Crippen molar-refractivity contribution in [1.82, 2.24) is 5.32 Å². The quantitative estimate of drug-likeness (QED) is 0.794. The highest BCUT2D eigenvalue weighted by atomic mass is 16.5. The lowest BCUT2D eigenvalue weighted by atomic mass is 9.85. The number of amides is 2. The van der Waals surface area contributed by atoms with Gasteiger partial charge in [-0.2, -0.15) is 0 Å². The van der Waals surface area contributed by atoms with E-state index in [-0.39, 0.29) is 23.8 Å². The van der Waals surface area contributed by atoms with Crippen LogP contribution >= 0.6 is 0 Å². The van der Waals surface area contributed by atoms with Gasteiger partial charge in [0, 0.05) is 19.2 Å². The van der Waals surface area contributed by atoms with Gasteiger partial charge >= 0.3 is 0 Å². The molecule has 2 aromatic rings. The first-order valence-corrected chi connectivity index (χ1v) is 9.49. The molecule has 0 saturated heterocycles. The number of benzene rings is 2. The molecule has 5 nitrogen and oxygen atoms in total. The van der Waals surface area contributed by atoms with Crippen LogP contribution in [0.2, 0.25) is 0 Å². The van der Waals surface area contributed by atoms with E-state index in [2.05, 4.69) is 26.1 Å². The second-order valence-corrected chi connectivity index (χ2v) is 7.82. The van der Waals surface area contributed by atoms with E-state index in [0.29, 0.717) is 13.0 Å². The molecule has 28 heavy (non-hydrogen) atoms. The zero-order valence-corrected chi connectivity index (χ0v) is 17.4. The second kappa shape index (κ2) is 9.40. The summed E-state index contributed by atoms with van der Waals surface area (Å²) >= 11 is 0. The van der Waals surface area contributed by atoms with Gasteiger partial charge in [0.1, 0.15) is 12.3 Å². The fourth-order valence-corrected chi connectivity index (χ4v) is 3.08. The molecular weight excluding hydrogens is 352 g/mol. The molecule has 0 unspecified atom stereocenters. The van der Waals surface area contributed by atoms with Crippen molar-refractivity contribution in [2.45, 2.75) is 39.5 Å². The predicted octanol–water partition coefficient (Wildman–Crippen LogP) is 3.70. The van der Waals surface area contributed by atoms with E-state index in [1.54, 1.807) is 12.0 Å². The van der Waals surface area contributed by atoms with Gasteiger partial charge in [-0.05, 0) is 41.2 Å². The van der Waals surface area contributed by atoms with Crippen molar-refractivity contribution in [2.75, 3.05) is 25.1 Å². The van der Waals surface area contributed by atoms with Crippen molar-refractivity contribution in [2.24, 2.45) is 0 Å². The summed E-state index contributed by atoms with van der Waals surface area (Å²) in [5.41, 5.74) is 2.77. The van der Waals surface area contributed by atoms with Crippen LogP contribution in [0.5, 0.6) is 5.75 Å². The van der Waals surface area contributed by atoms with E-state index < -0.39 is 0 Å². The van der Waals surface area contributed by atoms with Crippen LogP contribution in [0.1, 0.15) is 38.8 Å². The van der Waals surface area contributed by atoms with Crippen LogP contribution in [0.25, 0.3) is 0 Å². The Labute approximate surface area is 167 Å². The number of nitrogens with zero attached hydrogens (tertiary/aromatic N) is 1. The monoisotopic (exact) mass is 382 g/mol.